The molecule has 1 atom stereocenters. The van der Waals surface area contributed by atoms with Gasteiger partial charge in [-0.1, -0.05) is 0 Å². The maximum Gasteiger partial charge on any atom is 0.123 e. The highest BCUT2D eigenvalue weighted by molar-refractivity contribution is 5.37. The van der Waals surface area contributed by atoms with Crippen LogP contribution in [0.4, 0.5) is 4.39 Å². The molecular weight excluding hydrogens is 143 g/mol. The van der Waals surface area contributed by atoms with Gasteiger partial charge in [-0.2, -0.15) is 0 Å². The average Bonchev–Trinajstić information content (AvgIpc) is 2.27. The van der Waals surface area contributed by atoms with E-state index < -0.39 is 0 Å². The van der Waals surface area contributed by atoms with Crippen LogP contribution in [0.3, 0.4) is 0 Å². The Hall–Kier alpha value is -1.05. The first-order valence-corrected chi connectivity index (χ1v) is 3.54. The van der Waals surface area contributed by atoms with Gasteiger partial charge in [0.15, 0.2) is 0 Å². The van der Waals surface area contributed by atoms with Crippen LogP contribution in [-0.2, 0) is 6.42 Å². The fourth-order valence-electron chi connectivity index (χ4n) is 1.29. The summed E-state index contributed by atoms with van der Waals surface area (Å²) in [6.07, 6.45) is 0.666. The van der Waals surface area contributed by atoms with Crippen LogP contribution in [0.15, 0.2) is 18.2 Å². The highest BCUT2D eigenvalue weighted by Crippen LogP contribution is 2.28. The fraction of sp³-hybridized carbons (Fsp3) is 0.222. The SMILES string of the molecule is [CH2]C1Cc2cc(F)ccc2O1. The maximum absolute atomic E-state index is 12.6. The molecule has 1 heterocycles. The lowest BCUT2D eigenvalue weighted by atomic mass is 10.1. The zero-order valence-electron chi connectivity index (χ0n) is 6.01. The summed E-state index contributed by atoms with van der Waals surface area (Å²) in [5, 5.41) is 0. The van der Waals surface area contributed by atoms with E-state index in [2.05, 4.69) is 6.92 Å². The molecule has 1 nitrogen and oxygen atoms in total. The van der Waals surface area contributed by atoms with Crippen LogP contribution in [0, 0.1) is 12.7 Å². The van der Waals surface area contributed by atoms with Crippen LogP contribution in [0.1, 0.15) is 5.56 Å². The van der Waals surface area contributed by atoms with Gasteiger partial charge in [0.1, 0.15) is 17.7 Å². The third-order valence-corrected chi connectivity index (χ3v) is 1.76. The van der Waals surface area contributed by atoms with E-state index in [0.717, 1.165) is 11.3 Å². The molecule has 0 spiro atoms. The van der Waals surface area contributed by atoms with Gasteiger partial charge in [0.2, 0.25) is 0 Å². The van der Waals surface area contributed by atoms with Crippen molar-refractivity contribution in [3.8, 4) is 5.75 Å². The van der Waals surface area contributed by atoms with Crippen LogP contribution < -0.4 is 4.74 Å². The van der Waals surface area contributed by atoms with Crippen molar-refractivity contribution in [2.75, 3.05) is 0 Å². The number of benzene rings is 1. The van der Waals surface area contributed by atoms with Crippen LogP contribution in [0.25, 0.3) is 0 Å². The van der Waals surface area contributed by atoms with Gasteiger partial charge < -0.3 is 4.74 Å². The van der Waals surface area contributed by atoms with E-state index in [-0.39, 0.29) is 11.9 Å². The molecule has 1 radical (unpaired) electrons. The second-order valence-corrected chi connectivity index (χ2v) is 2.70. The largest absolute Gasteiger partial charge is 0.490 e. The molecule has 0 bridgehead atoms. The lowest BCUT2D eigenvalue weighted by Gasteiger charge is -2.00. The lowest BCUT2D eigenvalue weighted by Crippen LogP contribution is -2.05. The van der Waals surface area contributed by atoms with Gasteiger partial charge in [-0.3, -0.25) is 0 Å². The number of fused-ring (bicyclic) bond motifs is 1. The minimum Gasteiger partial charge on any atom is -0.490 e. The van der Waals surface area contributed by atoms with Gasteiger partial charge in [0.05, 0.1) is 0 Å². The van der Waals surface area contributed by atoms with Gasteiger partial charge in [-0.15, -0.1) is 0 Å². The van der Waals surface area contributed by atoms with E-state index in [4.69, 9.17) is 4.74 Å². The molecule has 11 heavy (non-hydrogen) atoms. The molecule has 0 aliphatic carbocycles. The van der Waals surface area contributed by atoms with E-state index in [9.17, 15) is 4.39 Å². The molecule has 0 amide bonds. The third-order valence-electron chi connectivity index (χ3n) is 1.76. The molecule has 1 aromatic rings. The summed E-state index contributed by atoms with van der Waals surface area (Å²) in [7, 11) is 0. The zero-order valence-corrected chi connectivity index (χ0v) is 6.01. The highest BCUT2D eigenvalue weighted by atomic mass is 19.1. The molecule has 0 fully saturated rings. The normalized spacial score (nSPS) is 21.1. The summed E-state index contributed by atoms with van der Waals surface area (Å²) in [4.78, 5) is 0. The Bertz CT molecular complexity index is 283. The number of hydrogen-bond donors (Lipinski definition) is 0. The summed E-state index contributed by atoms with van der Waals surface area (Å²) < 4.78 is 17.9. The van der Waals surface area contributed by atoms with Gasteiger partial charge in [0, 0.05) is 12.0 Å². The Morgan fingerprint density at radius 2 is 2.36 bits per heavy atom. The topological polar surface area (TPSA) is 9.23 Å². The number of halogens is 1. The molecule has 57 valence electrons. The van der Waals surface area contributed by atoms with Crippen molar-refractivity contribution in [3.63, 3.8) is 0 Å². The summed E-state index contributed by atoms with van der Waals surface area (Å²) >= 11 is 0. The van der Waals surface area contributed by atoms with E-state index in [1.54, 1.807) is 6.07 Å². The lowest BCUT2D eigenvalue weighted by molar-refractivity contribution is 0.281. The molecule has 0 saturated carbocycles. The summed E-state index contributed by atoms with van der Waals surface area (Å²) in [5.74, 6) is 0.563. The van der Waals surface area contributed by atoms with Crippen molar-refractivity contribution in [3.05, 3.63) is 36.5 Å². The maximum atomic E-state index is 12.6. The zero-order chi connectivity index (χ0) is 7.84. The Balaban J connectivity index is 2.43. The average molecular weight is 151 g/mol. The number of ether oxygens (including phenoxy) is 1. The Morgan fingerprint density at radius 3 is 3.18 bits per heavy atom. The Kier molecular flexibility index (Phi) is 1.34. The molecule has 0 saturated heterocycles. The van der Waals surface area contributed by atoms with Gasteiger partial charge in [-0.25, -0.2) is 4.39 Å². The number of rotatable bonds is 0. The van der Waals surface area contributed by atoms with E-state index >= 15 is 0 Å². The summed E-state index contributed by atoms with van der Waals surface area (Å²) in [5.41, 5.74) is 0.921. The predicted octanol–water partition coefficient (Wildman–Crippen LogP) is 1.96. The molecule has 1 unspecified atom stereocenters. The smallest absolute Gasteiger partial charge is 0.123 e. The first kappa shape index (κ1) is 6.65. The fourth-order valence-corrected chi connectivity index (χ4v) is 1.29. The summed E-state index contributed by atoms with van der Waals surface area (Å²) in [6.45, 7) is 3.74. The van der Waals surface area contributed by atoms with Crippen molar-refractivity contribution in [1.29, 1.82) is 0 Å². The Labute approximate surface area is 64.8 Å². The molecule has 1 aliphatic rings. The van der Waals surface area contributed by atoms with E-state index in [1.807, 2.05) is 0 Å². The molecule has 2 rings (SSSR count). The van der Waals surface area contributed by atoms with E-state index in [0.29, 0.717) is 6.42 Å². The second-order valence-electron chi connectivity index (χ2n) is 2.70. The molecular formula is C9H8FO. The van der Waals surface area contributed by atoms with Crippen molar-refractivity contribution in [1.82, 2.24) is 0 Å². The second kappa shape index (κ2) is 2.22. The van der Waals surface area contributed by atoms with Crippen LogP contribution in [0.5, 0.6) is 5.75 Å². The van der Waals surface area contributed by atoms with Gasteiger partial charge >= 0.3 is 0 Å². The van der Waals surface area contributed by atoms with Crippen molar-refractivity contribution in [2.24, 2.45) is 0 Å². The highest BCUT2D eigenvalue weighted by Gasteiger charge is 2.18. The van der Waals surface area contributed by atoms with Crippen LogP contribution in [0.2, 0.25) is 0 Å². The monoisotopic (exact) mass is 151 g/mol. The minimum absolute atomic E-state index is 0.0493. The summed E-state index contributed by atoms with van der Waals surface area (Å²) in [6, 6.07) is 4.55. The number of hydrogen-bond acceptors (Lipinski definition) is 1. The van der Waals surface area contributed by atoms with Crippen LogP contribution in [-0.4, -0.2) is 6.10 Å². The van der Waals surface area contributed by atoms with E-state index in [1.165, 1.54) is 12.1 Å². The molecule has 0 aromatic heterocycles. The molecule has 2 heteroatoms. The first-order valence-electron chi connectivity index (χ1n) is 3.54. The molecule has 0 N–H and O–H groups in total. The first-order chi connectivity index (χ1) is 5.25. The molecule has 1 aliphatic heterocycles. The minimum atomic E-state index is -0.207. The quantitative estimate of drug-likeness (QED) is 0.550. The van der Waals surface area contributed by atoms with Crippen molar-refractivity contribution >= 4 is 0 Å². The predicted molar refractivity (Wildman–Crippen MR) is 39.9 cm³/mol. The molecule has 1 aromatic carbocycles. The standard InChI is InChI=1S/C9H8FO/c1-6-4-7-5-8(10)2-3-9(7)11-6/h2-3,5-6H,1,4H2. The van der Waals surface area contributed by atoms with Gasteiger partial charge in [-0.05, 0) is 25.1 Å². The van der Waals surface area contributed by atoms with Gasteiger partial charge in [0.25, 0.3) is 0 Å². The van der Waals surface area contributed by atoms with Crippen LogP contribution >= 0.6 is 0 Å². The van der Waals surface area contributed by atoms with Crippen molar-refractivity contribution < 1.29 is 9.13 Å². The Morgan fingerprint density at radius 1 is 1.55 bits per heavy atom. The van der Waals surface area contributed by atoms with Crippen molar-refractivity contribution in [2.45, 2.75) is 12.5 Å². The third kappa shape index (κ3) is 1.09.